The van der Waals surface area contributed by atoms with E-state index in [4.69, 9.17) is 0 Å². The van der Waals surface area contributed by atoms with Gasteiger partial charge in [-0.2, -0.15) is 0 Å². The highest BCUT2D eigenvalue weighted by atomic mass is 15.1. The van der Waals surface area contributed by atoms with Crippen LogP contribution in [0.5, 0.6) is 0 Å². The zero-order valence-electron chi connectivity index (χ0n) is 8.31. The van der Waals surface area contributed by atoms with Crippen LogP contribution in [0.4, 0.5) is 0 Å². The largest absolute Gasteiger partial charge is 0.378 e. The molecule has 1 saturated heterocycles. The van der Waals surface area contributed by atoms with Gasteiger partial charge in [-0.25, -0.2) is 0 Å². The second-order valence-electron chi connectivity index (χ2n) is 3.86. The molecule has 0 bridgehead atoms. The molecule has 0 aromatic carbocycles. The molecule has 0 N–H and O–H groups in total. The summed E-state index contributed by atoms with van der Waals surface area (Å²) in [4.78, 5) is 2.32. The molecule has 1 heterocycles. The molecule has 1 nitrogen and oxygen atoms in total. The Bertz CT molecular complexity index is 140. The molecule has 0 aliphatic carbocycles. The molecule has 0 spiro atoms. The Balaban J connectivity index is 2.31. The van der Waals surface area contributed by atoms with Crippen LogP contribution in [0.2, 0.25) is 0 Å². The molecule has 0 radical (unpaired) electrons. The third kappa shape index (κ3) is 3.29. The maximum atomic E-state index is 4.10. The van der Waals surface area contributed by atoms with Gasteiger partial charge in [0.25, 0.3) is 0 Å². The van der Waals surface area contributed by atoms with Crippen molar-refractivity contribution in [2.24, 2.45) is 0 Å². The molecular weight excluding hydrogens is 146 g/mol. The number of hydrogen-bond acceptors (Lipinski definition) is 1. The topological polar surface area (TPSA) is 3.24 Å². The van der Waals surface area contributed by atoms with Gasteiger partial charge >= 0.3 is 0 Å². The highest BCUT2D eigenvalue weighted by Crippen LogP contribution is 2.15. The van der Waals surface area contributed by atoms with Crippen molar-refractivity contribution in [3.63, 3.8) is 0 Å². The van der Waals surface area contributed by atoms with Crippen LogP contribution in [0, 0.1) is 0 Å². The summed E-state index contributed by atoms with van der Waals surface area (Å²) in [6.45, 7) is 5.30. The van der Waals surface area contributed by atoms with Crippen molar-refractivity contribution >= 4 is 0 Å². The van der Waals surface area contributed by atoms with Crippen molar-refractivity contribution in [3.05, 3.63) is 12.3 Å². The lowest BCUT2D eigenvalue weighted by Gasteiger charge is -2.22. The Kier molecular flexibility index (Phi) is 4.20. The van der Waals surface area contributed by atoms with Crippen LogP contribution in [-0.4, -0.2) is 18.5 Å². The molecule has 0 aromatic heterocycles. The van der Waals surface area contributed by atoms with Crippen LogP contribution in [0.15, 0.2) is 12.3 Å². The van der Waals surface area contributed by atoms with E-state index in [1.807, 2.05) is 0 Å². The number of hydrogen-bond donors (Lipinski definition) is 0. The van der Waals surface area contributed by atoms with Crippen LogP contribution in [-0.2, 0) is 0 Å². The van der Waals surface area contributed by atoms with Gasteiger partial charge < -0.3 is 4.90 Å². The van der Waals surface area contributed by atoms with Crippen molar-refractivity contribution in [1.82, 2.24) is 4.90 Å². The molecule has 0 saturated carbocycles. The molecule has 1 fully saturated rings. The van der Waals surface area contributed by atoms with Crippen LogP contribution < -0.4 is 0 Å². The summed E-state index contributed by atoms with van der Waals surface area (Å²) in [5, 5.41) is 0. The summed E-state index contributed by atoms with van der Waals surface area (Å²) < 4.78 is 0. The Labute approximate surface area is 76.5 Å². The first-order chi connectivity index (χ1) is 5.80. The Morgan fingerprint density at radius 2 is 1.58 bits per heavy atom. The molecule has 1 rings (SSSR count). The summed E-state index contributed by atoms with van der Waals surface area (Å²) in [5.41, 5.74) is 1.33. The van der Waals surface area contributed by atoms with Crippen molar-refractivity contribution in [2.45, 2.75) is 44.9 Å². The van der Waals surface area contributed by atoms with E-state index in [9.17, 15) is 0 Å². The number of nitrogens with zero attached hydrogens (tertiary/aromatic N) is 1. The second-order valence-corrected chi connectivity index (χ2v) is 3.86. The highest BCUT2D eigenvalue weighted by molar-refractivity contribution is 4.92. The maximum Gasteiger partial charge on any atom is 0.0171 e. The molecule has 0 amide bonds. The van der Waals surface area contributed by atoms with E-state index in [1.54, 1.807) is 0 Å². The van der Waals surface area contributed by atoms with E-state index in [1.165, 1.54) is 57.2 Å². The lowest BCUT2D eigenvalue weighted by atomic mass is 10.1. The smallest absolute Gasteiger partial charge is 0.0171 e. The molecule has 0 atom stereocenters. The van der Waals surface area contributed by atoms with Gasteiger partial charge in [-0.15, -0.1) is 0 Å². The van der Waals surface area contributed by atoms with Crippen molar-refractivity contribution in [2.75, 3.05) is 13.6 Å². The average molecular weight is 167 g/mol. The standard InChI is InChI=1S/C11H21N/c1-11-9-7-5-3-4-6-8-10-12(11)2/h1,3-10H2,2H3. The molecule has 1 heteroatoms. The minimum absolute atomic E-state index is 1.20. The SMILES string of the molecule is C=C1CCCCCCCCN1C. The third-order valence-corrected chi connectivity index (χ3v) is 2.75. The summed E-state index contributed by atoms with van der Waals surface area (Å²) in [5.74, 6) is 0. The van der Waals surface area contributed by atoms with E-state index in [2.05, 4.69) is 18.5 Å². The van der Waals surface area contributed by atoms with Gasteiger partial charge in [-0.1, -0.05) is 32.3 Å². The second kappa shape index (κ2) is 5.23. The van der Waals surface area contributed by atoms with E-state index < -0.39 is 0 Å². The van der Waals surface area contributed by atoms with Gasteiger partial charge in [0.15, 0.2) is 0 Å². The zero-order chi connectivity index (χ0) is 8.81. The molecule has 1 aliphatic rings. The number of rotatable bonds is 0. The van der Waals surface area contributed by atoms with Gasteiger partial charge in [0.2, 0.25) is 0 Å². The molecule has 1 aliphatic heterocycles. The Morgan fingerprint density at radius 1 is 1.00 bits per heavy atom. The Morgan fingerprint density at radius 3 is 2.33 bits per heavy atom. The number of allylic oxidation sites excluding steroid dienone is 1. The lowest BCUT2D eigenvalue weighted by molar-refractivity contribution is 0.371. The Hall–Kier alpha value is -0.460. The van der Waals surface area contributed by atoms with Gasteiger partial charge in [-0.3, -0.25) is 0 Å². The minimum Gasteiger partial charge on any atom is -0.378 e. The normalized spacial score (nSPS) is 22.4. The first-order valence-corrected chi connectivity index (χ1v) is 5.19. The van der Waals surface area contributed by atoms with Gasteiger partial charge in [0, 0.05) is 19.3 Å². The predicted octanol–water partition coefficient (Wildman–Crippen LogP) is 3.18. The molecule has 0 aromatic rings. The summed E-state index contributed by atoms with van der Waals surface area (Å²) in [7, 11) is 2.17. The fourth-order valence-corrected chi connectivity index (χ4v) is 1.73. The monoisotopic (exact) mass is 167 g/mol. The lowest BCUT2D eigenvalue weighted by Crippen LogP contribution is -2.18. The van der Waals surface area contributed by atoms with E-state index in [0.717, 1.165) is 0 Å². The quantitative estimate of drug-likeness (QED) is 0.535. The molecule has 70 valence electrons. The van der Waals surface area contributed by atoms with Gasteiger partial charge in [0.1, 0.15) is 0 Å². The van der Waals surface area contributed by atoms with Crippen LogP contribution >= 0.6 is 0 Å². The van der Waals surface area contributed by atoms with Crippen molar-refractivity contribution < 1.29 is 0 Å². The van der Waals surface area contributed by atoms with Crippen LogP contribution in [0.3, 0.4) is 0 Å². The van der Waals surface area contributed by atoms with Crippen molar-refractivity contribution in [3.8, 4) is 0 Å². The summed E-state index contributed by atoms with van der Waals surface area (Å²) in [6, 6.07) is 0. The van der Waals surface area contributed by atoms with E-state index in [0.29, 0.717) is 0 Å². The average Bonchev–Trinajstić information content (AvgIpc) is 2.08. The van der Waals surface area contributed by atoms with E-state index >= 15 is 0 Å². The summed E-state index contributed by atoms with van der Waals surface area (Å²) in [6.07, 6.45) is 9.54. The highest BCUT2D eigenvalue weighted by Gasteiger charge is 2.03. The van der Waals surface area contributed by atoms with Crippen LogP contribution in [0.1, 0.15) is 44.9 Å². The molecular formula is C11H21N. The molecule has 12 heavy (non-hydrogen) atoms. The van der Waals surface area contributed by atoms with Gasteiger partial charge in [-0.05, 0) is 19.3 Å². The maximum absolute atomic E-state index is 4.10. The zero-order valence-corrected chi connectivity index (χ0v) is 8.31. The third-order valence-electron chi connectivity index (χ3n) is 2.75. The minimum atomic E-state index is 1.20. The van der Waals surface area contributed by atoms with Gasteiger partial charge in [0.05, 0.1) is 0 Å². The van der Waals surface area contributed by atoms with E-state index in [-0.39, 0.29) is 0 Å². The predicted molar refractivity (Wildman–Crippen MR) is 54.1 cm³/mol. The first kappa shape index (κ1) is 9.63. The fourth-order valence-electron chi connectivity index (χ4n) is 1.73. The first-order valence-electron chi connectivity index (χ1n) is 5.19. The fraction of sp³-hybridized carbons (Fsp3) is 0.818. The van der Waals surface area contributed by atoms with Crippen molar-refractivity contribution in [1.29, 1.82) is 0 Å². The molecule has 0 unspecified atom stereocenters. The van der Waals surface area contributed by atoms with Crippen LogP contribution in [0.25, 0.3) is 0 Å². The summed E-state index contributed by atoms with van der Waals surface area (Å²) >= 11 is 0.